The predicted octanol–water partition coefficient (Wildman–Crippen LogP) is 3.17. The first-order valence-corrected chi connectivity index (χ1v) is 7.18. The van der Waals surface area contributed by atoms with Crippen molar-refractivity contribution in [1.82, 2.24) is 9.80 Å². The molecule has 2 amide bonds. The van der Waals surface area contributed by atoms with E-state index in [2.05, 4.69) is 20.1 Å². The van der Waals surface area contributed by atoms with Gasteiger partial charge in [0.05, 0.1) is 0 Å². The smallest absolute Gasteiger partial charge is 0.223 e. The van der Waals surface area contributed by atoms with Crippen molar-refractivity contribution in [2.45, 2.75) is 53.0 Å². The van der Waals surface area contributed by atoms with Crippen LogP contribution in [0.4, 0.5) is 0 Å². The van der Waals surface area contributed by atoms with Crippen molar-refractivity contribution in [3.05, 3.63) is 25.6 Å². The SMILES string of the molecule is C=CN(CC(CC)CCC(C)N(C=C)C(C)=O)C(C)=O. The quantitative estimate of drug-likeness (QED) is 0.651. The normalized spacial score (nSPS) is 13.2. The van der Waals surface area contributed by atoms with Crippen LogP contribution in [0, 0.1) is 5.92 Å². The molecule has 0 aromatic carbocycles. The summed E-state index contributed by atoms with van der Waals surface area (Å²) in [5, 5.41) is 0. The van der Waals surface area contributed by atoms with E-state index in [1.165, 1.54) is 0 Å². The van der Waals surface area contributed by atoms with Crippen molar-refractivity contribution in [2.24, 2.45) is 5.92 Å². The van der Waals surface area contributed by atoms with Gasteiger partial charge in [-0.3, -0.25) is 9.59 Å². The lowest BCUT2D eigenvalue weighted by Gasteiger charge is -2.27. The first-order valence-electron chi connectivity index (χ1n) is 7.18. The number of rotatable bonds is 9. The lowest BCUT2D eigenvalue weighted by Crippen LogP contribution is -2.33. The van der Waals surface area contributed by atoms with Crippen molar-refractivity contribution >= 4 is 11.8 Å². The van der Waals surface area contributed by atoms with E-state index in [1.807, 2.05) is 6.92 Å². The van der Waals surface area contributed by atoms with Crippen molar-refractivity contribution in [1.29, 1.82) is 0 Å². The first kappa shape index (κ1) is 18.4. The molecule has 4 heteroatoms. The molecule has 0 saturated heterocycles. The Morgan fingerprint density at radius 1 is 1.10 bits per heavy atom. The Kier molecular flexibility index (Phi) is 8.61. The highest BCUT2D eigenvalue weighted by atomic mass is 16.2. The number of carbonyl (C=O) groups excluding carboxylic acids is 2. The molecule has 0 aliphatic heterocycles. The second-order valence-electron chi connectivity index (χ2n) is 5.16. The van der Waals surface area contributed by atoms with E-state index in [1.54, 1.807) is 36.0 Å². The molecule has 2 atom stereocenters. The summed E-state index contributed by atoms with van der Waals surface area (Å²) in [6.07, 6.45) is 6.03. The lowest BCUT2D eigenvalue weighted by atomic mass is 9.96. The molecule has 0 fully saturated rings. The Morgan fingerprint density at radius 3 is 2.05 bits per heavy atom. The fraction of sp³-hybridized carbons (Fsp3) is 0.625. The van der Waals surface area contributed by atoms with Gasteiger partial charge in [0.25, 0.3) is 0 Å². The topological polar surface area (TPSA) is 40.6 Å². The van der Waals surface area contributed by atoms with Crippen LogP contribution in [0.3, 0.4) is 0 Å². The molecule has 0 aromatic heterocycles. The molecule has 0 spiro atoms. The third kappa shape index (κ3) is 6.04. The molecule has 2 unspecified atom stereocenters. The Hall–Kier alpha value is -1.58. The summed E-state index contributed by atoms with van der Waals surface area (Å²) in [4.78, 5) is 26.1. The molecule has 0 saturated carbocycles. The molecule has 0 rings (SSSR count). The van der Waals surface area contributed by atoms with Gasteiger partial charge in [-0.25, -0.2) is 0 Å². The van der Waals surface area contributed by atoms with E-state index in [0.29, 0.717) is 12.5 Å². The standard InChI is InChI=1S/C16H28N2O2/c1-7-16(12-17(8-2)14(5)19)11-10-13(4)18(9-3)15(6)20/h8-9,13,16H,2-3,7,10-12H2,1,4-6H3. The van der Waals surface area contributed by atoms with E-state index in [4.69, 9.17) is 0 Å². The van der Waals surface area contributed by atoms with Crippen molar-refractivity contribution in [3.8, 4) is 0 Å². The molecule has 4 nitrogen and oxygen atoms in total. The lowest BCUT2D eigenvalue weighted by molar-refractivity contribution is -0.128. The number of hydrogen-bond acceptors (Lipinski definition) is 2. The summed E-state index contributed by atoms with van der Waals surface area (Å²) in [5.41, 5.74) is 0. The third-order valence-electron chi connectivity index (χ3n) is 3.68. The summed E-state index contributed by atoms with van der Waals surface area (Å²) < 4.78 is 0. The zero-order chi connectivity index (χ0) is 15.7. The first-order chi connectivity index (χ1) is 9.37. The summed E-state index contributed by atoms with van der Waals surface area (Å²) in [6.45, 7) is 15.3. The predicted molar refractivity (Wildman–Crippen MR) is 82.8 cm³/mol. The molecule has 0 bridgehead atoms. The fourth-order valence-corrected chi connectivity index (χ4v) is 2.27. The van der Waals surface area contributed by atoms with Crippen LogP contribution in [0.5, 0.6) is 0 Å². The molecule has 20 heavy (non-hydrogen) atoms. The molecule has 0 N–H and O–H groups in total. The van der Waals surface area contributed by atoms with E-state index < -0.39 is 0 Å². The monoisotopic (exact) mass is 280 g/mol. The molecule has 114 valence electrons. The van der Waals surface area contributed by atoms with Crippen LogP contribution in [0.15, 0.2) is 25.6 Å². The second kappa shape index (κ2) is 9.34. The molecular formula is C16H28N2O2. The molecule has 0 radical (unpaired) electrons. The van der Waals surface area contributed by atoms with Crippen LogP contribution >= 0.6 is 0 Å². The minimum absolute atomic E-state index is 0.0111. The number of amides is 2. The van der Waals surface area contributed by atoms with Gasteiger partial charge < -0.3 is 9.80 Å². The maximum absolute atomic E-state index is 11.4. The van der Waals surface area contributed by atoms with Gasteiger partial charge in [-0.1, -0.05) is 26.5 Å². The van der Waals surface area contributed by atoms with Gasteiger partial charge in [0.2, 0.25) is 11.8 Å². The van der Waals surface area contributed by atoms with Crippen LogP contribution in [0.1, 0.15) is 47.0 Å². The Bertz CT molecular complexity index is 352. The van der Waals surface area contributed by atoms with Gasteiger partial charge >= 0.3 is 0 Å². The zero-order valence-electron chi connectivity index (χ0n) is 13.3. The van der Waals surface area contributed by atoms with Crippen LogP contribution < -0.4 is 0 Å². The van der Waals surface area contributed by atoms with Crippen LogP contribution in [-0.2, 0) is 9.59 Å². The molecule has 0 aromatic rings. The Labute approximate surface area is 123 Å². The summed E-state index contributed by atoms with van der Waals surface area (Å²) in [5.74, 6) is 0.443. The fourth-order valence-electron chi connectivity index (χ4n) is 2.27. The van der Waals surface area contributed by atoms with Crippen LogP contribution in [0.2, 0.25) is 0 Å². The van der Waals surface area contributed by atoms with Gasteiger partial charge in [-0.05, 0) is 38.1 Å². The Balaban J connectivity index is 4.44. The third-order valence-corrected chi connectivity index (χ3v) is 3.68. The maximum atomic E-state index is 11.4. The second-order valence-corrected chi connectivity index (χ2v) is 5.16. The Morgan fingerprint density at radius 2 is 1.70 bits per heavy atom. The largest absolute Gasteiger partial charge is 0.320 e. The number of hydrogen-bond donors (Lipinski definition) is 0. The number of nitrogens with zero attached hydrogens (tertiary/aromatic N) is 2. The molecule has 0 aliphatic carbocycles. The van der Waals surface area contributed by atoms with E-state index in [0.717, 1.165) is 19.3 Å². The minimum Gasteiger partial charge on any atom is -0.320 e. The average molecular weight is 280 g/mol. The molecule has 0 heterocycles. The highest BCUT2D eigenvalue weighted by molar-refractivity contribution is 5.74. The minimum atomic E-state index is 0.0111. The van der Waals surface area contributed by atoms with Crippen LogP contribution in [0.25, 0.3) is 0 Å². The van der Waals surface area contributed by atoms with E-state index >= 15 is 0 Å². The van der Waals surface area contributed by atoms with Gasteiger partial charge in [-0.15, -0.1) is 0 Å². The van der Waals surface area contributed by atoms with Crippen molar-refractivity contribution in [2.75, 3.05) is 6.54 Å². The van der Waals surface area contributed by atoms with E-state index in [9.17, 15) is 9.59 Å². The summed E-state index contributed by atoms with van der Waals surface area (Å²) in [7, 11) is 0. The molecule has 0 aliphatic rings. The highest BCUT2D eigenvalue weighted by Gasteiger charge is 2.17. The van der Waals surface area contributed by atoms with Gasteiger partial charge in [-0.2, -0.15) is 0 Å². The van der Waals surface area contributed by atoms with Gasteiger partial charge in [0, 0.05) is 26.4 Å². The highest BCUT2D eigenvalue weighted by Crippen LogP contribution is 2.17. The molecular weight excluding hydrogens is 252 g/mol. The number of carbonyl (C=O) groups is 2. The van der Waals surface area contributed by atoms with Gasteiger partial charge in [0.1, 0.15) is 0 Å². The summed E-state index contributed by atoms with van der Waals surface area (Å²) >= 11 is 0. The summed E-state index contributed by atoms with van der Waals surface area (Å²) in [6, 6.07) is 0.133. The van der Waals surface area contributed by atoms with Crippen molar-refractivity contribution in [3.63, 3.8) is 0 Å². The van der Waals surface area contributed by atoms with Gasteiger partial charge in [0.15, 0.2) is 0 Å². The van der Waals surface area contributed by atoms with Crippen LogP contribution in [-0.4, -0.2) is 34.2 Å². The maximum Gasteiger partial charge on any atom is 0.223 e. The van der Waals surface area contributed by atoms with Crippen molar-refractivity contribution < 1.29 is 9.59 Å². The average Bonchev–Trinajstić information content (AvgIpc) is 2.39. The van der Waals surface area contributed by atoms with E-state index in [-0.39, 0.29) is 17.9 Å². The zero-order valence-corrected chi connectivity index (χ0v) is 13.3.